The minimum Gasteiger partial charge on any atom is -0.392 e. The second-order valence-electron chi connectivity index (χ2n) is 10.7. The van der Waals surface area contributed by atoms with Gasteiger partial charge in [0.05, 0.1) is 24.4 Å². The van der Waals surface area contributed by atoms with E-state index < -0.39 is 6.29 Å². The molecule has 1 aromatic heterocycles. The van der Waals surface area contributed by atoms with Crippen LogP contribution in [0.4, 0.5) is 0 Å². The number of thioether (sulfide) groups is 1. The molecule has 7 heteroatoms. The number of pyridine rings is 1. The highest BCUT2D eigenvalue weighted by atomic mass is 32.2. The van der Waals surface area contributed by atoms with Crippen LogP contribution in [0.5, 0.6) is 0 Å². The molecule has 44 heavy (non-hydrogen) atoms. The number of benzene rings is 4. The zero-order valence-electron chi connectivity index (χ0n) is 24.2. The minimum atomic E-state index is -0.518. The number of carbonyl (C=O) groups is 1. The van der Waals surface area contributed by atoms with Gasteiger partial charge in [0.1, 0.15) is 0 Å². The molecule has 1 fully saturated rings. The lowest BCUT2D eigenvalue weighted by Gasteiger charge is -2.36. The van der Waals surface area contributed by atoms with Gasteiger partial charge >= 0.3 is 0 Å². The number of carbonyl (C=O) groups excluding carboxylic acids is 1. The zero-order valence-corrected chi connectivity index (χ0v) is 25.0. The van der Waals surface area contributed by atoms with Crippen LogP contribution >= 0.6 is 11.8 Å². The molecule has 6 nitrogen and oxygen atoms in total. The van der Waals surface area contributed by atoms with Crippen LogP contribution in [-0.2, 0) is 22.6 Å². The van der Waals surface area contributed by atoms with Gasteiger partial charge in [-0.3, -0.25) is 9.78 Å². The number of hydrogen-bond donors (Lipinski definition) is 2. The maximum absolute atomic E-state index is 12.6. The van der Waals surface area contributed by atoms with Crippen LogP contribution in [0.2, 0.25) is 0 Å². The van der Waals surface area contributed by atoms with E-state index in [0.717, 1.165) is 45.6 Å². The van der Waals surface area contributed by atoms with Crippen LogP contribution in [0.3, 0.4) is 0 Å². The number of hydrogen-bond acceptors (Lipinski definition) is 6. The molecule has 1 aliphatic heterocycles. The summed E-state index contributed by atoms with van der Waals surface area (Å²) < 4.78 is 13.1. The van der Waals surface area contributed by atoms with Crippen molar-refractivity contribution in [2.45, 2.75) is 43.0 Å². The van der Waals surface area contributed by atoms with Gasteiger partial charge in [-0.05, 0) is 52.1 Å². The summed E-state index contributed by atoms with van der Waals surface area (Å²) in [7, 11) is 0. The third kappa shape index (κ3) is 7.44. The van der Waals surface area contributed by atoms with E-state index in [-0.39, 0.29) is 24.7 Å². The van der Waals surface area contributed by atoms with Crippen molar-refractivity contribution in [3.63, 3.8) is 0 Å². The molecular formula is C37H34N2O4S. The highest BCUT2D eigenvalue weighted by molar-refractivity contribution is 7.99. The van der Waals surface area contributed by atoms with Gasteiger partial charge in [0.2, 0.25) is 0 Å². The number of aliphatic hydroxyl groups excluding tert-OH is 1. The molecule has 0 unspecified atom stereocenters. The second kappa shape index (κ2) is 14.5. The van der Waals surface area contributed by atoms with Crippen LogP contribution in [0.25, 0.3) is 11.1 Å². The smallest absolute Gasteiger partial charge is 0.253 e. The van der Waals surface area contributed by atoms with Gasteiger partial charge in [-0.1, -0.05) is 91.0 Å². The summed E-state index contributed by atoms with van der Waals surface area (Å²) in [4.78, 5) is 17.9. The molecule has 2 heterocycles. The lowest BCUT2D eigenvalue weighted by Crippen LogP contribution is -2.31. The molecule has 0 radical (unpaired) electrons. The van der Waals surface area contributed by atoms with Crippen LogP contribution in [0.15, 0.2) is 133 Å². The van der Waals surface area contributed by atoms with Crippen molar-refractivity contribution in [1.29, 1.82) is 0 Å². The van der Waals surface area contributed by atoms with Crippen LogP contribution in [0.1, 0.15) is 51.4 Å². The van der Waals surface area contributed by atoms with Gasteiger partial charge < -0.3 is 19.9 Å². The SMILES string of the molecule is O=C(NCc1ccccc1-c1ccc([C@H]2O[C@@H](CSc3ccccc3)C[C@@H](c3ccc(CO)cc3)O2)cc1)c1cccnc1. The summed E-state index contributed by atoms with van der Waals surface area (Å²) in [6.07, 6.45) is 3.30. The van der Waals surface area contributed by atoms with Gasteiger partial charge in [0, 0.05) is 41.6 Å². The molecule has 5 aromatic rings. The number of nitrogens with one attached hydrogen (secondary N) is 1. The standard InChI is InChI=1S/C37H34N2O4S/c40-24-26-12-14-28(15-13-26)35-21-32(25-44-33-9-2-1-3-10-33)42-37(43-35)29-18-16-27(17-19-29)34-11-5-4-7-30(34)23-39-36(41)31-8-6-20-38-22-31/h1-20,22,32,35,37,40H,21,23-25H2,(H,39,41)/t32-,35+,37+/m1/s1. The van der Waals surface area contributed by atoms with Crippen molar-refractivity contribution in [1.82, 2.24) is 10.3 Å². The summed E-state index contributed by atoms with van der Waals surface area (Å²) in [6, 6.07) is 38.2. The first kappa shape index (κ1) is 29.8. The predicted octanol–water partition coefficient (Wildman–Crippen LogP) is 7.51. The maximum Gasteiger partial charge on any atom is 0.253 e. The first-order valence-electron chi connectivity index (χ1n) is 14.7. The summed E-state index contributed by atoms with van der Waals surface area (Å²) in [5.74, 6) is 0.654. The van der Waals surface area contributed by atoms with Crippen molar-refractivity contribution < 1.29 is 19.4 Å². The Morgan fingerprint density at radius 2 is 1.59 bits per heavy atom. The van der Waals surface area contributed by atoms with E-state index in [4.69, 9.17) is 9.47 Å². The predicted molar refractivity (Wildman–Crippen MR) is 173 cm³/mol. The summed E-state index contributed by atoms with van der Waals surface area (Å²) >= 11 is 1.79. The summed E-state index contributed by atoms with van der Waals surface area (Å²) in [5, 5.41) is 12.5. The Hall–Kier alpha value is -4.27. The average molecular weight is 603 g/mol. The van der Waals surface area contributed by atoms with Crippen LogP contribution in [0, 0.1) is 0 Å². The van der Waals surface area contributed by atoms with E-state index in [1.54, 1.807) is 36.3 Å². The zero-order chi connectivity index (χ0) is 30.1. The Kier molecular flexibility index (Phi) is 9.79. The normalized spacial score (nSPS) is 18.1. The monoisotopic (exact) mass is 602 g/mol. The third-order valence-corrected chi connectivity index (χ3v) is 8.81. The second-order valence-corrected chi connectivity index (χ2v) is 11.8. The highest BCUT2D eigenvalue weighted by Crippen LogP contribution is 2.40. The quantitative estimate of drug-likeness (QED) is 0.161. The minimum absolute atomic E-state index is 0.00898. The molecule has 0 aliphatic carbocycles. The lowest BCUT2D eigenvalue weighted by molar-refractivity contribution is -0.245. The Labute approximate surface area is 262 Å². The van der Waals surface area contributed by atoms with Gasteiger partial charge in [-0.15, -0.1) is 11.8 Å². The maximum atomic E-state index is 12.6. The molecule has 4 aromatic carbocycles. The topological polar surface area (TPSA) is 80.7 Å². The number of aliphatic hydroxyl groups is 1. The number of ether oxygens (including phenoxy) is 2. The summed E-state index contributed by atoms with van der Waals surface area (Å²) in [5.41, 5.74) is 6.54. The lowest BCUT2D eigenvalue weighted by atomic mass is 9.97. The van der Waals surface area contributed by atoms with Gasteiger partial charge in [-0.2, -0.15) is 0 Å². The molecule has 6 rings (SSSR count). The van der Waals surface area contributed by atoms with E-state index in [1.165, 1.54) is 4.90 Å². The van der Waals surface area contributed by atoms with Crippen molar-refractivity contribution in [3.05, 3.63) is 155 Å². The van der Waals surface area contributed by atoms with Crippen LogP contribution in [-0.4, -0.2) is 27.9 Å². The number of rotatable bonds is 10. The molecular weight excluding hydrogens is 568 g/mol. The van der Waals surface area contributed by atoms with E-state index in [2.05, 4.69) is 64.9 Å². The van der Waals surface area contributed by atoms with Crippen molar-refractivity contribution in [3.8, 4) is 11.1 Å². The van der Waals surface area contributed by atoms with Gasteiger partial charge in [-0.25, -0.2) is 0 Å². The van der Waals surface area contributed by atoms with Gasteiger partial charge in [0.15, 0.2) is 6.29 Å². The number of aromatic nitrogens is 1. The first-order chi connectivity index (χ1) is 21.7. The van der Waals surface area contributed by atoms with E-state index in [9.17, 15) is 9.90 Å². The molecule has 1 aliphatic rings. The fourth-order valence-electron chi connectivity index (χ4n) is 5.28. The molecule has 0 bridgehead atoms. The largest absolute Gasteiger partial charge is 0.392 e. The van der Waals surface area contributed by atoms with Crippen molar-refractivity contribution in [2.24, 2.45) is 0 Å². The fourth-order valence-corrected chi connectivity index (χ4v) is 6.22. The highest BCUT2D eigenvalue weighted by Gasteiger charge is 2.32. The van der Waals surface area contributed by atoms with E-state index >= 15 is 0 Å². The van der Waals surface area contributed by atoms with Crippen molar-refractivity contribution in [2.75, 3.05) is 5.75 Å². The molecule has 3 atom stereocenters. The van der Waals surface area contributed by atoms with E-state index in [1.807, 2.05) is 48.5 Å². The Morgan fingerprint density at radius 3 is 2.34 bits per heavy atom. The molecule has 1 saturated heterocycles. The molecule has 0 spiro atoms. The molecule has 222 valence electrons. The van der Waals surface area contributed by atoms with Crippen LogP contribution < -0.4 is 5.32 Å². The van der Waals surface area contributed by atoms with E-state index in [0.29, 0.717) is 12.1 Å². The number of nitrogens with zero attached hydrogens (tertiary/aromatic N) is 1. The van der Waals surface area contributed by atoms with Gasteiger partial charge in [0.25, 0.3) is 5.91 Å². The average Bonchev–Trinajstić information content (AvgIpc) is 3.10. The molecule has 1 amide bonds. The Morgan fingerprint density at radius 1 is 0.841 bits per heavy atom. The molecule has 0 saturated carbocycles. The summed E-state index contributed by atoms with van der Waals surface area (Å²) in [6.45, 7) is 0.415. The number of amides is 1. The Bertz CT molecular complexity index is 1650. The van der Waals surface area contributed by atoms with Crippen molar-refractivity contribution >= 4 is 17.7 Å². The molecule has 2 N–H and O–H groups in total. The first-order valence-corrected chi connectivity index (χ1v) is 15.7. The third-order valence-electron chi connectivity index (χ3n) is 7.67. The Balaban J connectivity index is 1.19. The fraction of sp³-hybridized carbons (Fsp3) is 0.189.